The van der Waals surface area contributed by atoms with E-state index in [0.717, 1.165) is 18.4 Å². The van der Waals surface area contributed by atoms with Crippen LogP contribution < -0.4 is 0 Å². The van der Waals surface area contributed by atoms with Gasteiger partial charge in [-0.05, 0) is 46.9 Å². The monoisotopic (exact) mass is 439 g/mol. The van der Waals surface area contributed by atoms with Crippen LogP contribution in [0.15, 0.2) is 29.2 Å². The molecule has 0 bridgehead atoms. The van der Waals surface area contributed by atoms with Crippen molar-refractivity contribution in [2.45, 2.75) is 48.3 Å². The number of hydrogen-bond acceptors (Lipinski definition) is 4. The molecule has 0 aliphatic heterocycles. The Morgan fingerprint density at radius 3 is 2.43 bits per heavy atom. The second kappa shape index (κ2) is 7.06. The molecule has 0 amide bonds. The summed E-state index contributed by atoms with van der Waals surface area (Å²) in [7, 11) is -3.79. The van der Waals surface area contributed by atoms with E-state index in [2.05, 4.69) is 0 Å². The average molecular weight is 439 g/mol. The molecule has 158 valence electrons. The van der Waals surface area contributed by atoms with E-state index in [0.29, 0.717) is 5.56 Å². The Hall–Kier alpha value is -2.44. The Balaban J connectivity index is 2.00. The van der Waals surface area contributed by atoms with Gasteiger partial charge in [0.2, 0.25) is 0 Å². The van der Waals surface area contributed by atoms with Gasteiger partial charge in [-0.2, -0.15) is 5.26 Å². The molecule has 0 heterocycles. The number of hydrogen-bond donors (Lipinski definition) is 1. The molecule has 4 rings (SSSR count). The molecule has 1 N–H and O–H groups in total. The second-order valence-corrected chi connectivity index (χ2v) is 9.74. The SMILES string of the molecule is CS(=O)(=O)c1ccc([C@H]2C[C@H](F)[C@@H](F)c3cc(F)cc(C#N)c32)c2c1[C@H](O)[C@H](F)C2. The molecule has 2 aromatic rings. The van der Waals surface area contributed by atoms with E-state index in [4.69, 9.17) is 0 Å². The fraction of sp³-hybridized carbons (Fsp3) is 0.381. The first-order valence-electron chi connectivity index (χ1n) is 9.24. The highest BCUT2D eigenvalue weighted by atomic mass is 32.2. The van der Waals surface area contributed by atoms with Crippen molar-refractivity contribution in [2.75, 3.05) is 6.26 Å². The van der Waals surface area contributed by atoms with Crippen molar-refractivity contribution in [3.05, 3.63) is 63.5 Å². The molecule has 0 aromatic heterocycles. The van der Waals surface area contributed by atoms with Gasteiger partial charge in [0, 0.05) is 24.2 Å². The predicted molar refractivity (Wildman–Crippen MR) is 99.4 cm³/mol. The van der Waals surface area contributed by atoms with Gasteiger partial charge in [0.1, 0.15) is 24.3 Å². The zero-order chi connectivity index (χ0) is 22.0. The lowest BCUT2D eigenvalue weighted by Crippen LogP contribution is -2.25. The van der Waals surface area contributed by atoms with Gasteiger partial charge in [-0.1, -0.05) is 6.07 Å². The van der Waals surface area contributed by atoms with Gasteiger partial charge in [-0.3, -0.25) is 0 Å². The number of rotatable bonds is 2. The van der Waals surface area contributed by atoms with Crippen molar-refractivity contribution in [3.8, 4) is 6.07 Å². The maximum Gasteiger partial charge on any atom is 0.175 e. The fourth-order valence-electron chi connectivity index (χ4n) is 4.64. The molecule has 0 radical (unpaired) electrons. The fourth-order valence-corrected chi connectivity index (χ4v) is 5.60. The van der Waals surface area contributed by atoms with Gasteiger partial charge in [0.15, 0.2) is 16.0 Å². The number of nitriles is 1. The lowest BCUT2D eigenvalue weighted by Gasteiger charge is -2.33. The predicted octanol–water partition coefficient (Wildman–Crippen LogP) is 3.91. The third-order valence-electron chi connectivity index (χ3n) is 5.89. The van der Waals surface area contributed by atoms with Crippen molar-refractivity contribution in [1.29, 1.82) is 5.26 Å². The Morgan fingerprint density at radius 2 is 1.80 bits per heavy atom. The topological polar surface area (TPSA) is 78.2 Å². The minimum absolute atomic E-state index is 0.0950. The number of alkyl halides is 3. The minimum atomic E-state index is -3.79. The normalized spacial score (nSPS) is 28.0. The summed E-state index contributed by atoms with van der Waals surface area (Å²) in [6.07, 6.45) is -7.31. The van der Waals surface area contributed by atoms with E-state index in [1.807, 2.05) is 0 Å². The molecular formula is C21H17F4NO3S. The quantitative estimate of drug-likeness (QED) is 0.720. The summed E-state index contributed by atoms with van der Waals surface area (Å²) in [6.45, 7) is 0. The Bertz CT molecular complexity index is 1190. The Morgan fingerprint density at radius 1 is 1.10 bits per heavy atom. The lowest BCUT2D eigenvalue weighted by molar-refractivity contribution is 0.0907. The molecule has 5 atom stereocenters. The Kier molecular flexibility index (Phi) is 4.90. The van der Waals surface area contributed by atoms with Crippen molar-refractivity contribution >= 4 is 9.84 Å². The summed E-state index contributed by atoms with van der Waals surface area (Å²) >= 11 is 0. The number of fused-ring (bicyclic) bond motifs is 2. The first-order chi connectivity index (χ1) is 14.0. The summed E-state index contributed by atoms with van der Waals surface area (Å²) < 4.78 is 81.6. The highest BCUT2D eigenvalue weighted by Gasteiger charge is 2.43. The van der Waals surface area contributed by atoms with Gasteiger partial charge in [-0.15, -0.1) is 0 Å². The number of halogens is 4. The van der Waals surface area contributed by atoms with Crippen molar-refractivity contribution in [2.24, 2.45) is 0 Å². The molecule has 0 spiro atoms. The zero-order valence-corrected chi connectivity index (χ0v) is 16.6. The molecule has 9 heteroatoms. The third kappa shape index (κ3) is 3.10. The highest BCUT2D eigenvalue weighted by molar-refractivity contribution is 7.90. The second-order valence-electron chi connectivity index (χ2n) is 7.76. The van der Waals surface area contributed by atoms with Crippen LogP contribution in [-0.4, -0.2) is 32.1 Å². The van der Waals surface area contributed by atoms with Crippen molar-refractivity contribution in [1.82, 2.24) is 0 Å². The first-order valence-corrected chi connectivity index (χ1v) is 11.1. The van der Waals surface area contributed by atoms with Crippen LogP contribution in [-0.2, 0) is 16.3 Å². The average Bonchev–Trinajstić information content (AvgIpc) is 2.97. The Labute approximate surface area is 170 Å². The van der Waals surface area contributed by atoms with Crippen LogP contribution in [0.1, 0.15) is 58.0 Å². The van der Waals surface area contributed by atoms with Crippen LogP contribution in [0.4, 0.5) is 17.6 Å². The molecule has 2 aliphatic carbocycles. The number of nitrogens with zero attached hydrogens (tertiary/aromatic N) is 1. The number of aliphatic hydroxyl groups is 1. The lowest BCUT2D eigenvalue weighted by atomic mass is 9.74. The van der Waals surface area contributed by atoms with Crippen LogP contribution in [0.3, 0.4) is 0 Å². The van der Waals surface area contributed by atoms with Crippen LogP contribution in [0.2, 0.25) is 0 Å². The van der Waals surface area contributed by atoms with Crippen LogP contribution >= 0.6 is 0 Å². The van der Waals surface area contributed by atoms with Crippen molar-refractivity contribution in [3.63, 3.8) is 0 Å². The molecule has 0 saturated carbocycles. The standard InChI is InChI=1S/C21H17F4NO3S/c1-30(28,29)17-3-2-11(13-7-16(24)21(27)19(13)17)12-6-15(23)20(25)14-5-10(22)4-9(8-26)18(12)14/h2-5,12,15-16,20-21,27H,6-7H2,1H3/t12-,15+,16-,20+,21-/m1/s1. The summed E-state index contributed by atoms with van der Waals surface area (Å²) in [6, 6.07) is 6.16. The molecule has 0 saturated heterocycles. The summed E-state index contributed by atoms with van der Waals surface area (Å²) in [5, 5.41) is 19.7. The molecule has 30 heavy (non-hydrogen) atoms. The molecule has 2 aliphatic rings. The first kappa shape index (κ1) is 20.8. The number of sulfone groups is 1. The summed E-state index contributed by atoms with van der Waals surface area (Å²) in [5.74, 6) is -1.80. The molecule has 2 aromatic carbocycles. The van der Waals surface area contributed by atoms with Gasteiger partial charge in [0.05, 0.1) is 16.5 Å². The zero-order valence-electron chi connectivity index (χ0n) is 15.7. The van der Waals surface area contributed by atoms with Crippen LogP contribution in [0, 0.1) is 17.1 Å². The third-order valence-corrected chi connectivity index (χ3v) is 7.04. The molecule has 0 unspecified atom stereocenters. The van der Waals surface area contributed by atoms with Gasteiger partial charge < -0.3 is 5.11 Å². The van der Waals surface area contributed by atoms with E-state index in [-0.39, 0.29) is 45.6 Å². The van der Waals surface area contributed by atoms with Gasteiger partial charge in [0.25, 0.3) is 0 Å². The highest BCUT2D eigenvalue weighted by Crippen LogP contribution is 2.50. The maximum absolute atomic E-state index is 14.5. The maximum atomic E-state index is 14.5. The molecule has 0 fully saturated rings. The van der Waals surface area contributed by atoms with Gasteiger partial charge in [-0.25, -0.2) is 26.0 Å². The molecular weight excluding hydrogens is 422 g/mol. The van der Waals surface area contributed by atoms with Crippen molar-refractivity contribution < 1.29 is 31.1 Å². The van der Waals surface area contributed by atoms with E-state index in [1.165, 1.54) is 12.1 Å². The summed E-state index contributed by atoms with van der Waals surface area (Å²) in [5.41, 5.74) is 0.0587. The van der Waals surface area contributed by atoms with E-state index < -0.39 is 46.2 Å². The molecule has 4 nitrogen and oxygen atoms in total. The van der Waals surface area contributed by atoms with Gasteiger partial charge >= 0.3 is 0 Å². The minimum Gasteiger partial charge on any atom is -0.385 e. The largest absolute Gasteiger partial charge is 0.385 e. The van der Waals surface area contributed by atoms with Crippen LogP contribution in [0.5, 0.6) is 0 Å². The smallest absolute Gasteiger partial charge is 0.175 e. The number of benzene rings is 2. The van der Waals surface area contributed by atoms with E-state index >= 15 is 0 Å². The van der Waals surface area contributed by atoms with E-state index in [9.17, 15) is 36.3 Å². The van der Waals surface area contributed by atoms with E-state index in [1.54, 1.807) is 6.07 Å². The van der Waals surface area contributed by atoms with Crippen LogP contribution in [0.25, 0.3) is 0 Å². The summed E-state index contributed by atoms with van der Waals surface area (Å²) in [4.78, 5) is -0.232. The number of aliphatic hydroxyl groups excluding tert-OH is 1.